The largest absolute Gasteiger partial charge is 0.253 e. The Morgan fingerprint density at radius 3 is 3.00 bits per heavy atom. The molecule has 4 heteroatoms. The summed E-state index contributed by atoms with van der Waals surface area (Å²) < 4.78 is 1.85. The Morgan fingerprint density at radius 2 is 2.50 bits per heavy atom. The van der Waals surface area contributed by atoms with E-state index in [1.165, 1.54) is 6.42 Å². The molecule has 1 aliphatic rings. The summed E-state index contributed by atoms with van der Waals surface area (Å²) in [6.07, 6.45) is 6.05. The molecule has 0 aromatic carbocycles. The van der Waals surface area contributed by atoms with Crippen LogP contribution in [0, 0.1) is 5.41 Å². The molecule has 2 rings (SSSR count). The Bertz CT molecular complexity index is 323. The first-order chi connectivity index (χ1) is 6.59. The number of nitrogens with zero attached hydrogens (tertiary/aromatic N) is 3. The fourth-order valence-electron chi connectivity index (χ4n) is 2.27. The van der Waals surface area contributed by atoms with Crippen LogP contribution in [0.15, 0.2) is 6.33 Å². The zero-order chi connectivity index (χ0) is 10.2. The van der Waals surface area contributed by atoms with Gasteiger partial charge in [0.15, 0.2) is 0 Å². The first-order valence-corrected chi connectivity index (χ1v) is 5.50. The van der Waals surface area contributed by atoms with Crippen molar-refractivity contribution in [3.63, 3.8) is 0 Å². The lowest BCUT2D eigenvalue weighted by molar-refractivity contribution is 0.322. The molecule has 0 radical (unpaired) electrons. The van der Waals surface area contributed by atoms with Gasteiger partial charge in [-0.25, -0.2) is 4.98 Å². The summed E-state index contributed by atoms with van der Waals surface area (Å²) in [6.45, 7) is 2.30. The molecule has 1 fully saturated rings. The van der Waals surface area contributed by atoms with Gasteiger partial charge in [-0.2, -0.15) is 5.10 Å². The second kappa shape index (κ2) is 3.54. The molecule has 1 aliphatic carbocycles. The van der Waals surface area contributed by atoms with Crippen molar-refractivity contribution >= 4 is 11.6 Å². The van der Waals surface area contributed by atoms with Gasteiger partial charge >= 0.3 is 0 Å². The van der Waals surface area contributed by atoms with Gasteiger partial charge in [-0.05, 0) is 24.7 Å². The standard InChI is InChI=1S/C10H16ClN3/c1-10(4-3-8(11)5-10)6-9-12-7-13-14(9)2/h7-8H,3-6H2,1-2H3. The van der Waals surface area contributed by atoms with Crippen LogP contribution >= 0.6 is 11.6 Å². The minimum absolute atomic E-state index is 0.327. The van der Waals surface area contributed by atoms with Crippen molar-refractivity contribution < 1.29 is 0 Å². The SMILES string of the molecule is Cn1ncnc1CC1(C)CCC(Cl)C1. The van der Waals surface area contributed by atoms with E-state index in [0.717, 1.165) is 25.1 Å². The predicted molar refractivity (Wildman–Crippen MR) is 56.3 cm³/mol. The fraction of sp³-hybridized carbons (Fsp3) is 0.800. The molecule has 0 amide bonds. The van der Waals surface area contributed by atoms with Gasteiger partial charge in [0, 0.05) is 18.8 Å². The number of alkyl halides is 1. The molecule has 1 aromatic heterocycles. The van der Waals surface area contributed by atoms with E-state index < -0.39 is 0 Å². The lowest BCUT2D eigenvalue weighted by atomic mass is 9.85. The zero-order valence-electron chi connectivity index (χ0n) is 8.70. The minimum Gasteiger partial charge on any atom is -0.253 e. The van der Waals surface area contributed by atoms with Gasteiger partial charge in [-0.1, -0.05) is 6.92 Å². The Hall–Kier alpha value is -0.570. The van der Waals surface area contributed by atoms with Crippen LogP contribution in [0.2, 0.25) is 0 Å². The van der Waals surface area contributed by atoms with Crippen LogP contribution < -0.4 is 0 Å². The molecule has 0 aliphatic heterocycles. The van der Waals surface area contributed by atoms with E-state index in [4.69, 9.17) is 11.6 Å². The van der Waals surface area contributed by atoms with Gasteiger partial charge in [-0.15, -0.1) is 11.6 Å². The third kappa shape index (κ3) is 1.92. The van der Waals surface area contributed by atoms with E-state index in [1.54, 1.807) is 6.33 Å². The van der Waals surface area contributed by atoms with Crippen molar-refractivity contribution in [1.82, 2.24) is 14.8 Å². The molecule has 2 unspecified atom stereocenters. The highest BCUT2D eigenvalue weighted by atomic mass is 35.5. The normalized spacial score (nSPS) is 32.4. The maximum absolute atomic E-state index is 6.13. The fourth-order valence-corrected chi connectivity index (χ4v) is 2.75. The number of hydrogen-bond acceptors (Lipinski definition) is 2. The molecular formula is C10H16ClN3. The highest BCUT2D eigenvalue weighted by Gasteiger charge is 2.35. The Morgan fingerprint density at radius 1 is 1.71 bits per heavy atom. The summed E-state index contributed by atoms with van der Waals surface area (Å²) in [5.41, 5.74) is 0.327. The van der Waals surface area contributed by atoms with E-state index in [0.29, 0.717) is 10.8 Å². The number of halogens is 1. The summed E-state index contributed by atoms with van der Waals surface area (Å²) in [6, 6.07) is 0. The van der Waals surface area contributed by atoms with Gasteiger partial charge in [0.2, 0.25) is 0 Å². The van der Waals surface area contributed by atoms with Gasteiger partial charge in [0.05, 0.1) is 0 Å². The molecule has 0 saturated heterocycles. The number of hydrogen-bond donors (Lipinski definition) is 0. The molecule has 1 aromatic rings. The first-order valence-electron chi connectivity index (χ1n) is 5.06. The second-order valence-electron chi connectivity index (χ2n) is 4.63. The van der Waals surface area contributed by atoms with Crippen molar-refractivity contribution in [3.8, 4) is 0 Å². The summed E-state index contributed by atoms with van der Waals surface area (Å²) in [5.74, 6) is 1.07. The van der Waals surface area contributed by atoms with Crippen LogP contribution in [0.5, 0.6) is 0 Å². The van der Waals surface area contributed by atoms with E-state index >= 15 is 0 Å². The third-order valence-corrected chi connectivity index (χ3v) is 3.54. The lowest BCUT2D eigenvalue weighted by Crippen LogP contribution is -2.18. The molecule has 1 heterocycles. The van der Waals surface area contributed by atoms with Gasteiger partial charge < -0.3 is 0 Å². The quantitative estimate of drug-likeness (QED) is 0.705. The smallest absolute Gasteiger partial charge is 0.138 e. The topological polar surface area (TPSA) is 30.7 Å². The van der Waals surface area contributed by atoms with Crippen LogP contribution in [0.25, 0.3) is 0 Å². The van der Waals surface area contributed by atoms with Crippen molar-refractivity contribution in [2.75, 3.05) is 0 Å². The molecule has 2 atom stereocenters. The van der Waals surface area contributed by atoms with Crippen molar-refractivity contribution in [2.24, 2.45) is 12.5 Å². The molecule has 0 spiro atoms. The van der Waals surface area contributed by atoms with Gasteiger partial charge in [0.25, 0.3) is 0 Å². The van der Waals surface area contributed by atoms with Crippen molar-refractivity contribution in [3.05, 3.63) is 12.2 Å². The number of aromatic nitrogens is 3. The average molecular weight is 214 g/mol. The number of aryl methyl sites for hydroxylation is 1. The average Bonchev–Trinajstić information content (AvgIpc) is 2.62. The molecular weight excluding hydrogens is 198 g/mol. The second-order valence-corrected chi connectivity index (χ2v) is 5.24. The molecule has 78 valence electrons. The van der Waals surface area contributed by atoms with Gasteiger partial charge in [-0.3, -0.25) is 4.68 Å². The maximum Gasteiger partial charge on any atom is 0.138 e. The van der Waals surface area contributed by atoms with E-state index in [1.807, 2.05) is 11.7 Å². The molecule has 3 nitrogen and oxygen atoms in total. The molecule has 0 N–H and O–H groups in total. The summed E-state index contributed by atoms with van der Waals surface area (Å²) >= 11 is 6.13. The monoisotopic (exact) mass is 213 g/mol. The minimum atomic E-state index is 0.327. The lowest BCUT2D eigenvalue weighted by Gasteiger charge is -2.22. The van der Waals surface area contributed by atoms with Crippen LogP contribution in [-0.2, 0) is 13.5 Å². The summed E-state index contributed by atoms with van der Waals surface area (Å²) in [4.78, 5) is 4.26. The van der Waals surface area contributed by atoms with E-state index in [9.17, 15) is 0 Å². The predicted octanol–water partition coefficient (Wildman–Crippen LogP) is 2.16. The van der Waals surface area contributed by atoms with Crippen LogP contribution in [-0.4, -0.2) is 20.1 Å². The molecule has 1 saturated carbocycles. The Balaban J connectivity index is 2.07. The summed E-state index contributed by atoms with van der Waals surface area (Å²) in [7, 11) is 1.94. The Labute approximate surface area is 89.5 Å². The third-order valence-electron chi connectivity index (χ3n) is 3.17. The van der Waals surface area contributed by atoms with Crippen LogP contribution in [0.1, 0.15) is 32.0 Å². The van der Waals surface area contributed by atoms with E-state index in [-0.39, 0.29) is 0 Å². The van der Waals surface area contributed by atoms with Crippen molar-refractivity contribution in [1.29, 1.82) is 0 Å². The highest BCUT2D eigenvalue weighted by Crippen LogP contribution is 2.42. The van der Waals surface area contributed by atoms with Crippen molar-refractivity contribution in [2.45, 2.75) is 38.0 Å². The van der Waals surface area contributed by atoms with Crippen LogP contribution in [0.3, 0.4) is 0 Å². The van der Waals surface area contributed by atoms with E-state index in [2.05, 4.69) is 17.0 Å². The highest BCUT2D eigenvalue weighted by molar-refractivity contribution is 6.20. The summed E-state index contributed by atoms with van der Waals surface area (Å²) in [5, 5.41) is 4.44. The Kier molecular flexibility index (Phi) is 2.52. The molecule has 0 bridgehead atoms. The number of rotatable bonds is 2. The molecule has 14 heavy (non-hydrogen) atoms. The first kappa shape index (κ1) is 9.97. The zero-order valence-corrected chi connectivity index (χ0v) is 9.46. The van der Waals surface area contributed by atoms with Crippen LogP contribution in [0.4, 0.5) is 0 Å². The van der Waals surface area contributed by atoms with Gasteiger partial charge in [0.1, 0.15) is 12.2 Å². The maximum atomic E-state index is 6.13.